The van der Waals surface area contributed by atoms with Crippen molar-refractivity contribution in [2.24, 2.45) is 0 Å². The van der Waals surface area contributed by atoms with Crippen molar-refractivity contribution in [1.29, 1.82) is 5.26 Å². The largest absolute Gasteiger partial charge is 0.457 e. The highest BCUT2D eigenvalue weighted by atomic mass is 32.1. The van der Waals surface area contributed by atoms with E-state index in [1.54, 1.807) is 36.0 Å². The van der Waals surface area contributed by atoms with Crippen LogP contribution in [0.4, 0.5) is 0 Å². The van der Waals surface area contributed by atoms with Crippen molar-refractivity contribution in [3.63, 3.8) is 0 Å². The van der Waals surface area contributed by atoms with Gasteiger partial charge in [-0.05, 0) is 48.9 Å². The SMILES string of the molecule is C[C@@H](OC(=O)c1ccc(Oc2ccc(CC#N)cc2)cc1)c1cncs1. The van der Waals surface area contributed by atoms with Crippen LogP contribution in [0.1, 0.15) is 33.8 Å². The van der Waals surface area contributed by atoms with Crippen molar-refractivity contribution in [2.75, 3.05) is 0 Å². The molecule has 3 rings (SSSR count). The molecule has 6 heteroatoms. The Morgan fingerprint density at radius 2 is 1.81 bits per heavy atom. The zero-order chi connectivity index (χ0) is 18.4. The molecule has 130 valence electrons. The van der Waals surface area contributed by atoms with E-state index < -0.39 is 5.97 Å². The summed E-state index contributed by atoms with van der Waals surface area (Å²) >= 11 is 1.45. The zero-order valence-corrected chi connectivity index (χ0v) is 14.9. The first-order valence-electron chi connectivity index (χ1n) is 7.99. The van der Waals surface area contributed by atoms with Crippen molar-refractivity contribution >= 4 is 17.3 Å². The van der Waals surface area contributed by atoms with Gasteiger partial charge in [-0.2, -0.15) is 5.26 Å². The van der Waals surface area contributed by atoms with Crippen LogP contribution in [-0.2, 0) is 11.2 Å². The predicted octanol–water partition coefficient (Wildman–Crippen LogP) is 4.92. The number of benzene rings is 2. The second-order valence-electron chi connectivity index (χ2n) is 5.56. The van der Waals surface area contributed by atoms with Gasteiger partial charge in [0, 0.05) is 6.20 Å². The fraction of sp³-hybridized carbons (Fsp3) is 0.150. The number of hydrogen-bond donors (Lipinski definition) is 0. The van der Waals surface area contributed by atoms with Crippen LogP contribution in [0, 0.1) is 11.3 Å². The normalized spacial score (nSPS) is 11.4. The molecular weight excluding hydrogens is 348 g/mol. The Balaban J connectivity index is 1.61. The average molecular weight is 364 g/mol. The molecule has 0 N–H and O–H groups in total. The lowest BCUT2D eigenvalue weighted by Crippen LogP contribution is -2.08. The van der Waals surface area contributed by atoms with Crippen LogP contribution in [-0.4, -0.2) is 11.0 Å². The molecule has 0 radical (unpaired) electrons. The van der Waals surface area contributed by atoms with E-state index in [-0.39, 0.29) is 6.10 Å². The van der Waals surface area contributed by atoms with Crippen LogP contribution in [0.2, 0.25) is 0 Å². The van der Waals surface area contributed by atoms with E-state index >= 15 is 0 Å². The van der Waals surface area contributed by atoms with E-state index in [2.05, 4.69) is 11.1 Å². The number of esters is 1. The Morgan fingerprint density at radius 1 is 1.15 bits per heavy atom. The molecule has 0 fully saturated rings. The molecule has 1 heterocycles. The first kappa shape index (κ1) is 17.6. The van der Waals surface area contributed by atoms with Crippen LogP contribution in [0.25, 0.3) is 0 Å². The summed E-state index contributed by atoms with van der Waals surface area (Å²) in [7, 11) is 0. The summed E-state index contributed by atoms with van der Waals surface area (Å²) in [6, 6.07) is 16.2. The molecule has 0 bridgehead atoms. The van der Waals surface area contributed by atoms with E-state index in [1.807, 2.05) is 31.2 Å². The number of thiazole rings is 1. The summed E-state index contributed by atoms with van der Waals surface area (Å²) in [4.78, 5) is 17.1. The Hall–Kier alpha value is -3.17. The molecule has 3 aromatic rings. The van der Waals surface area contributed by atoms with Crippen LogP contribution in [0.3, 0.4) is 0 Å². The van der Waals surface area contributed by atoms with Crippen LogP contribution in [0.15, 0.2) is 60.2 Å². The molecule has 0 saturated heterocycles. The number of hydrogen-bond acceptors (Lipinski definition) is 6. The summed E-state index contributed by atoms with van der Waals surface area (Å²) in [5, 5.41) is 8.68. The van der Waals surface area contributed by atoms with E-state index in [9.17, 15) is 4.79 Å². The Morgan fingerprint density at radius 3 is 2.38 bits per heavy atom. The third-order valence-corrected chi connectivity index (χ3v) is 4.60. The minimum absolute atomic E-state index is 0.335. The summed E-state index contributed by atoms with van der Waals surface area (Å²) < 4.78 is 11.2. The minimum Gasteiger partial charge on any atom is -0.457 e. The number of carbonyl (C=O) groups excluding carboxylic acids is 1. The lowest BCUT2D eigenvalue weighted by atomic mass is 10.1. The lowest BCUT2D eigenvalue weighted by molar-refractivity contribution is 0.0344. The summed E-state index contributed by atoms with van der Waals surface area (Å²) in [6.07, 6.45) is 1.73. The van der Waals surface area contributed by atoms with Gasteiger partial charge in [0.25, 0.3) is 0 Å². The Labute approximate surface area is 155 Å². The quantitative estimate of drug-likeness (QED) is 0.581. The molecule has 0 spiro atoms. The Bertz CT molecular complexity index is 898. The third kappa shape index (κ3) is 4.47. The molecule has 26 heavy (non-hydrogen) atoms. The van der Waals surface area contributed by atoms with Crippen LogP contribution < -0.4 is 4.74 Å². The van der Waals surface area contributed by atoms with Gasteiger partial charge in [0.05, 0.1) is 28.4 Å². The van der Waals surface area contributed by atoms with E-state index in [4.69, 9.17) is 14.7 Å². The van der Waals surface area contributed by atoms with Gasteiger partial charge in [0.1, 0.15) is 17.6 Å². The highest BCUT2D eigenvalue weighted by Crippen LogP contribution is 2.24. The summed E-state index contributed by atoms with van der Waals surface area (Å²) in [6.45, 7) is 1.82. The maximum atomic E-state index is 12.2. The van der Waals surface area contributed by atoms with Crippen molar-refractivity contribution < 1.29 is 14.3 Å². The fourth-order valence-corrected chi connectivity index (χ4v) is 2.88. The molecule has 2 aromatic carbocycles. The summed E-state index contributed by atoms with van der Waals surface area (Å²) in [5.74, 6) is 0.893. The maximum absolute atomic E-state index is 12.2. The third-order valence-electron chi connectivity index (χ3n) is 3.67. The highest BCUT2D eigenvalue weighted by Gasteiger charge is 2.15. The average Bonchev–Trinajstić information content (AvgIpc) is 3.19. The molecule has 0 aliphatic rings. The number of aromatic nitrogens is 1. The minimum atomic E-state index is -0.390. The van der Waals surface area contributed by atoms with Crippen molar-refractivity contribution in [2.45, 2.75) is 19.4 Å². The van der Waals surface area contributed by atoms with Crippen molar-refractivity contribution in [3.05, 3.63) is 76.2 Å². The number of nitrogens with zero attached hydrogens (tertiary/aromatic N) is 2. The molecule has 1 atom stereocenters. The zero-order valence-electron chi connectivity index (χ0n) is 14.1. The van der Waals surface area contributed by atoms with Gasteiger partial charge in [0.2, 0.25) is 0 Å². The van der Waals surface area contributed by atoms with Gasteiger partial charge in [-0.15, -0.1) is 11.3 Å². The topological polar surface area (TPSA) is 72.2 Å². The standard InChI is InChI=1S/C20H16N2O3S/c1-14(19-12-22-13-26-19)24-20(23)16-4-8-18(9-5-16)25-17-6-2-15(3-7-17)10-11-21/h2-9,12-14H,10H2,1H3/t14-/m1/s1. The summed E-state index contributed by atoms with van der Waals surface area (Å²) in [5.41, 5.74) is 3.10. The van der Waals surface area contributed by atoms with Crippen molar-refractivity contribution in [1.82, 2.24) is 4.98 Å². The van der Waals surface area contributed by atoms with Crippen molar-refractivity contribution in [3.8, 4) is 17.6 Å². The molecule has 0 aliphatic carbocycles. The predicted molar refractivity (Wildman–Crippen MR) is 98.2 cm³/mol. The molecule has 0 saturated carbocycles. The molecule has 0 amide bonds. The highest BCUT2D eigenvalue weighted by molar-refractivity contribution is 7.09. The van der Waals surface area contributed by atoms with Crippen LogP contribution in [0.5, 0.6) is 11.5 Å². The van der Waals surface area contributed by atoms with Gasteiger partial charge in [-0.3, -0.25) is 4.98 Å². The van der Waals surface area contributed by atoms with Crippen LogP contribution >= 0.6 is 11.3 Å². The molecular formula is C20H16N2O3S. The van der Waals surface area contributed by atoms with Gasteiger partial charge >= 0.3 is 5.97 Å². The van der Waals surface area contributed by atoms with Gasteiger partial charge < -0.3 is 9.47 Å². The maximum Gasteiger partial charge on any atom is 0.338 e. The van der Waals surface area contributed by atoms with E-state index in [0.29, 0.717) is 23.5 Å². The monoisotopic (exact) mass is 364 g/mol. The first-order chi connectivity index (χ1) is 12.7. The smallest absolute Gasteiger partial charge is 0.338 e. The number of carbonyl (C=O) groups is 1. The second-order valence-corrected chi connectivity index (χ2v) is 6.47. The number of nitriles is 1. The second kappa shape index (κ2) is 8.28. The first-order valence-corrected chi connectivity index (χ1v) is 8.87. The lowest BCUT2D eigenvalue weighted by Gasteiger charge is -2.11. The van der Waals surface area contributed by atoms with Gasteiger partial charge in [-0.1, -0.05) is 12.1 Å². The fourth-order valence-electron chi connectivity index (χ4n) is 2.27. The molecule has 5 nitrogen and oxygen atoms in total. The molecule has 0 aliphatic heterocycles. The van der Waals surface area contributed by atoms with E-state index in [0.717, 1.165) is 10.4 Å². The van der Waals surface area contributed by atoms with Gasteiger partial charge in [-0.25, -0.2) is 4.79 Å². The molecule has 1 aromatic heterocycles. The number of ether oxygens (including phenoxy) is 2. The van der Waals surface area contributed by atoms with Gasteiger partial charge in [0.15, 0.2) is 0 Å². The van der Waals surface area contributed by atoms with E-state index in [1.165, 1.54) is 11.3 Å². The number of rotatable bonds is 6. The molecule has 0 unspecified atom stereocenters. The Kier molecular flexibility index (Phi) is 5.62.